The second-order valence-electron chi connectivity index (χ2n) is 5.18. The fourth-order valence-electron chi connectivity index (χ4n) is 1.96. The van der Waals surface area contributed by atoms with Crippen molar-refractivity contribution in [1.82, 2.24) is 10.2 Å². The molecule has 138 valence electrons. The Bertz CT molecular complexity index is 894. The van der Waals surface area contributed by atoms with Gasteiger partial charge in [-0.15, -0.1) is 23.4 Å². The van der Waals surface area contributed by atoms with Crippen LogP contribution in [0.3, 0.4) is 0 Å². The maximum Gasteiger partial charge on any atom is 0.573 e. The Morgan fingerprint density at radius 1 is 1.19 bits per heavy atom. The van der Waals surface area contributed by atoms with E-state index >= 15 is 0 Å². The van der Waals surface area contributed by atoms with Crippen molar-refractivity contribution in [2.24, 2.45) is 0 Å². The molecule has 6 nitrogen and oxygen atoms in total. The SMILES string of the molecule is N#CCCC#Cc1ccc(NC(=O)Cc2cccc(OC(F)(F)F)c2)nn1. The van der Waals surface area contributed by atoms with Crippen LogP contribution < -0.4 is 10.1 Å². The van der Waals surface area contributed by atoms with Crippen molar-refractivity contribution in [3.05, 3.63) is 47.7 Å². The second kappa shape index (κ2) is 9.20. The highest BCUT2D eigenvalue weighted by Crippen LogP contribution is 2.23. The number of alkyl halides is 3. The largest absolute Gasteiger partial charge is 0.573 e. The number of aromatic nitrogens is 2. The number of rotatable bonds is 5. The third kappa shape index (κ3) is 7.45. The number of hydrogen-bond donors (Lipinski definition) is 1. The molecule has 0 saturated heterocycles. The summed E-state index contributed by atoms with van der Waals surface area (Å²) >= 11 is 0. The van der Waals surface area contributed by atoms with Gasteiger partial charge in [0.2, 0.25) is 5.91 Å². The van der Waals surface area contributed by atoms with Crippen LogP contribution in [0.5, 0.6) is 5.75 Å². The lowest BCUT2D eigenvalue weighted by Crippen LogP contribution is -2.18. The summed E-state index contributed by atoms with van der Waals surface area (Å²) in [5, 5.41) is 18.5. The number of anilines is 1. The van der Waals surface area contributed by atoms with Crippen molar-refractivity contribution in [3.8, 4) is 23.7 Å². The molecule has 0 spiro atoms. The minimum absolute atomic E-state index is 0.160. The second-order valence-corrected chi connectivity index (χ2v) is 5.18. The number of nitrogens with zero attached hydrogens (tertiary/aromatic N) is 3. The zero-order valence-corrected chi connectivity index (χ0v) is 13.9. The van der Waals surface area contributed by atoms with Gasteiger partial charge in [0.05, 0.1) is 12.5 Å². The van der Waals surface area contributed by atoms with Gasteiger partial charge in [-0.1, -0.05) is 18.1 Å². The smallest absolute Gasteiger partial charge is 0.406 e. The normalized spacial score (nSPS) is 10.3. The van der Waals surface area contributed by atoms with Gasteiger partial charge in [-0.2, -0.15) is 5.26 Å². The summed E-state index contributed by atoms with van der Waals surface area (Å²) in [7, 11) is 0. The summed E-state index contributed by atoms with van der Waals surface area (Å²) in [6.07, 6.45) is -4.21. The van der Waals surface area contributed by atoms with Gasteiger partial charge in [0.15, 0.2) is 5.82 Å². The molecule has 0 atom stereocenters. The summed E-state index contributed by atoms with van der Waals surface area (Å²) < 4.78 is 40.5. The van der Waals surface area contributed by atoms with Gasteiger partial charge in [0.25, 0.3) is 0 Å². The molecule has 9 heteroatoms. The predicted molar refractivity (Wildman–Crippen MR) is 89.2 cm³/mol. The maximum atomic E-state index is 12.2. The summed E-state index contributed by atoms with van der Waals surface area (Å²) in [6, 6.07) is 10.2. The highest BCUT2D eigenvalue weighted by Gasteiger charge is 2.31. The van der Waals surface area contributed by atoms with Crippen LogP contribution in [0.1, 0.15) is 24.1 Å². The van der Waals surface area contributed by atoms with Crippen LogP contribution in [-0.4, -0.2) is 22.5 Å². The molecule has 1 aromatic heterocycles. The van der Waals surface area contributed by atoms with Crippen LogP contribution in [-0.2, 0) is 11.2 Å². The number of carbonyl (C=O) groups excluding carboxylic acids is 1. The van der Waals surface area contributed by atoms with Crippen LogP contribution in [0.25, 0.3) is 0 Å². The molecule has 0 bridgehead atoms. The van der Waals surface area contributed by atoms with Crippen molar-refractivity contribution < 1.29 is 22.7 Å². The number of hydrogen-bond acceptors (Lipinski definition) is 5. The molecule has 0 aliphatic carbocycles. The number of carbonyl (C=O) groups is 1. The van der Waals surface area contributed by atoms with E-state index in [9.17, 15) is 18.0 Å². The maximum absolute atomic E-state index is 12.2. The van der Waals surface area contributed by atoms with E-state index in [2.05, 4.69) is 32.1 Å². The number of amides is 1. The average Bonchev–Trinajstić information content (AvgIpc) is 2.59. The molecule has 0 radical (unpaired) electrons. The van der Waals surface area contributed by atoms with Crippen molar-refractivity contribution >= 4 is 11.7 Å². The molecule has 0 aliphatic rings. The third-order valence-corrected chi connectivity index (χ3v) is 3.01. The molecule has 0 unspecified atom stereocenters. The highest BCUT2D eigenvalue weighted by molar-refractivity contribution is 5.91. The van der Waals surface area contributed by atoms with E-state index in [1.165, 1.54) is 18.2 Å². The number of ether oxygens (including phenoxy) is 1. The first-order valence-corrected chi connectivity index (χ1v) is 7.70. The Morgan fingerprint density at radius 3 is 2.67 bits per heavy atom. The number of unbranched alkanes of at least 4 members (excludes halogenated alkanes) is 1. The van der Waals surface area contributed by atoms with Crippen LogP contribution in [0.15, 0.2) is 36.4 Å². The van der Waals surface area contributed by atoms with Gasteiger partial charge in [0.1, 0.15) is 11.4 Å². The molecule has 1 heterocycles. The first kappa shape index (κ1) is 19.7. The van der Waals surface area contributed by atoms with E-state index in [0.29, 0.717) is 24.1 Å². The lowest BCUT2D eigenvalue weighted by Gasteiger charge is -2.10. The average molecular weight is 374 g/mol. The van der Waals surface area contributed by atoms with Crippen molar-refractivity contribution in [2.45, 2.75) is 25.6 Å². The van der Waals surface area contributed by atoms with E-state index in [-0.39, 0.29) is 12.2 Å². The molecule has 0 saturated carbocycles. The minimum Gasteiger partial charge on any atom is -0.406 e. The Labute approximate surface area is 153 Å². The van der Waals surface area contributed by atoms with E-state index in [4.69, 9.17) is 5.26 Å². The van der Waals surface area contributed by atoms with Gasteiger partial charge >= 0.3 is 6.36 Å². The van der Waals surface area contributed by atoms with Crippen molar-refractivity contribution in [2.75, 3.05) is 5.32 Å². The standard InChI is InChI=1S/C18H13F3N4O2/c19-18(20,21)27-15-7-4-5-13(11-15)12-17(26)23-16-9-8-14(24-25-16)6-2-1-3-10-22/h4-5,7-9,11H,1,3,12H2,(H,23,25,26). The van der Waals surface area contributed by atoms with Gasteiger partial charge in [0, 0.05) is 12.8 Å². The highest BCUT2D eigenvalue weighted by atomic mass is 19.4. The summed E-state index contributed by atoms with van der Waals surface area (Å²) in [5.41, 5.74) is 0.741. The lowest BCUT2D eigenvalue weighted by molar-refractivity contribution is -0.274. The Balaban J connectivity index is 1.93. The molecule has 1 aromatic carbocycles. The van der Waals surface area contributed by atoms with Crippen LogP contribution in [0.4, 0.5) is 19.0 Å². The van der Waals surface area contributed by atoms with Crippen molar-refractivity contribution in [3.63, 3.8) is 0 Å². The number of nitriles is 1. The Kier molecular flexibility index (Phi) is 6.73. The van der Waals surface area contributed by atoms with Crippen LogP contribution >= 0.6 is 0 Å². The molecule has 1 amide bonds. The number of halogens is 3. The molecule has 0 aliphatic heterocycles. The van der Waals surface area contributed by atoms with Gasteiger partial charge in [-0.25, -0.2) is 0 Å². The van der Waals surface area contributed by atoms with E-state index in [0.717, 1.165) is 12.1 Å². The lowest BCUT2D eigenvalue weighted by atomic mass is 10.1. The third-order valence-electron chi connectivity index (χ3n) is 3.01. The molecule has 2 aromatic rings. The molecule has 0 fully saturated rings. The van der Waals surface area contributed by atoms with E-state index in [1.807, 2.05) is 6.07 Å². The van der Waals surface area contributed by atoms with Crippen molar-refractivity contribution in [1.29, 1.82) is 5.26 Å². The quantitative estimate of drug-likeness (QED) is 0.641. The monoisotopic (exact) mass is 374 g/mol. The fraction of sp³-hybridized carbons (Fsp3) is 0.222. The van der Waals surface area contributed by atoms with Crippen LogP contribution in [0.2, 0.25) is 0 Å². The summed E-state index contributed by atoms with van der Waals surface area (Å²) in [4.78, 5) is 12.0. The summed E-state index contributed by atoms with van der Waals surface area (Å²) in [5.74, 6) is 4.81. The molecular formula is C18H13F3N4O2. The first-order chi connectivity index (χ1) is 12.9. The van der Waals surface area contributed by atoms with E-state index in [1.54, 1.807) is 6.07 Å². The Hall–Kier alpha value is -3.59. The number of nitrogens with one attached hydrogen (secondary N) is 1. The fourth-order valence-corrected chi connectivity index (χ4v) is 1.96. The van der Waals surface area contributed by atoms with Gasteiger partial charge < -0.3 is 10.1 Å². The zero-order chi connectivity index (χ0) is 19.7. The first-order valence-electron chi connectivity index (χ1n) is 7.70. The summed E-state index contributed by atoms with van der Waals surface area (Å²) in [6.45, 7) is 0. The molecule has 1 N–H and O–H groups in total. The number of benzene rings is 1. The Morgan fingerprint density at radius 2 is 2.00 bits per heavy atom. The zero-order valence-electron chi connectivity index (χ0n) is 13.9. The van der Waals surface area contributed by atoms with Gasteiger partial charge in [-0.3, -0.25) is 4.79 Å². The van der Waals surface area contributed by atoms with Crippen LogP contribution in [0, 0.1) is 23.2 Å². The van der Waals surface area contributed by atoms with Gasteiger partial charge in [-0.05, 0) is 35.7 Å². The molecule has 2 rings (SSSR count). The minimum atomic E-state index is -4.80. The topological polar surface area (TPSA) is 87.9 Å². The molecular weight excluding hydrogens is 361 g/mol. The predicted octanol–water partition coefficient (Wildman–Crippen LogP) is 3.21. The molecule has 27 heavy (non-hydrogen) atoms. The van der Waals surface area contributed by atoms with E-state index < -0.39 is 18.0 Å².